The molecule has 0 fully saturated rings. The first-order valence-corrected chi connectivity index (χ1v) is 6.09. The van der Waals surface area contributed by atoms with E-state index >= 15 is 0 Å². The molecule has 0 aliphatic heterocycles. The van der Waals surface area contributed by atoms with Gasteiger partial charge in [-0.2, -0.15) is 0 Å². The van der Waals surface area contributed by atoms with Crippen LogP contribution in [-0.2, 0) is 11.2 Å². The number of phenolic OH excluding ortho intramolecular Hbond substituents is 1. The van der Waals surface area contributed by atoms with Crippen LogP contribution in [0.25, 0.3) is 0 Å². The molecule has 0 saturated heterocycles. The monoisotopic (exact) mass is 275 g/mol. The van der Waals surface area contributed by atoms with E-state index < -0.39 is 0 Å². The average Bonchev–Trinajstić information content (AvgIpc) is 2.45. The number of carbonyl (C=O) groups is 1. The lowest BCUT2D eigenvalue weighted by molar-refractivity contribution is -0.105. The van der Waals surface area contributed by atoms with E-state index in [-0.39, 0.29) is 11.6 Å². The molecule has 2 aromatic rings. The normalized spacial score (nSPS) is 10.1. The summed E-state index contributed by atoms with van der Waals surface area (Å²) in [6.45, 7) is 0.337. The van der Waals surface area contributed by atoms with Crippen molar-refractivity contribution in [2.45, 2.75) is 6.42 Å². The van der Waals surface area contributed by atoms with Gasteiger partial charge in [-0.25, -0.2) is 4.39 Å². The van der Waals surface area contributed by atoms with Crippen LogP contribution in [0.3, 0.4) is 0 Å². The SMILES string of the molecule is O=CNc1ccc(O)c(CCOc2ccc(F)cc2)c1. The maximum atomic E-state index is 12.7. The molecule has 0 unspecified atom stereocenters. The van der Waals surface area contributed by atoms with Crippen molar-refractivity contribution in [3.8, 4) is 11.5 Å². The van der Waals surface area contributed by atoms with E-state index in [0.29, 0.717) is 36.4 Å². The van der Waals surface area contributed by atoms with E-state index in [4.69, 9.17) is 4.74 Å². The number of benzene rings is 2. The first kappa shape index (κ1) is 13.9. The Labute approximate surface area is 115 Å². The number of nitrogens with one attached hydrogen (secondary N) is 1. The first-order chi connectivity index (χ1) is 9.69. The number of carbonyl (C=O) groups excluding carboxylic acids is 1. The molecule has 2 aromatic carbocycles. The van der Waals surface area contributed by atoms with Gasteiger partial charge in [-0.15, -0.1) is 0 Å². The molecule has 1 amide bonds. The highest BCUT2D eigenvalue weighted by Crippen LogP contribution is 2.22. The highest BCUT2D eigenvalue weighted by Gasteiger charge is 2.03. The van der Waals surface area contributed by atoms with E-state index in [1.165, 1.54) is 18.2 Å². The van der Waals surface area contributed by atoms with E-state index in [1.54, 1.807) is 24.3 Å². The lowest BCUT2D eigenvalue weighted by Crippen LogP contribution is -2.02. The summed E-state index contributed by atoms with van der Waals surface area (Å²) >= 11 is 0. The molecule has 0 bridgehead atoms. The van der Waals surface area contributed by atoms with Gasteiger partial charge in [0.05, 0.1) is 6.61 Å². The number of hydrogen-bond donors (Lipinski definition) is 2. The van der Waals surface area contributed by atoms with Crippen molar-refractivity contribution in [3.05, 3.63) is 53.8 Å². The molecule has 0 saturated carbocycles. The second-order valence-corrected chi connectivity index (χ2v) is 4.16. The van der Waals surface area contributed by atoms with Crippen molar-refractivity contribution in [3.63, 3.8) is 0 Å². The Bertz CT molecular complexity index is 584. The van der Waals surface area contributed by atoms with Crippen molar-refractivity contribution in [1.82, 2.24) is 0 Å². The lowest BCUT2D eigenvalue weighted by atomic mass is 10.1. The summed E-state index contributed by atoms with van der Waals surface area (Å²) in [5.41, 5.74) is 1.27. The van der Waals surface area contributed by atoms with Crippen LogP contribution < -0.4 is 10.1 Å². The largest absolute Gasteiger partial charge is 0.508 e. The van der Waals surface area contributed by atoms with Crippen LogP contribution in [0.2, 0.25) is 0 Å². The predicted octanol–water partition coefficient (Wildman–Crippen LogP) is 2.72. The van der Waals surface area contributed by atoms with Crippen molar-refractivity contribution in [2.24, 2.45) is 0 Å². The van der Waals surface area contributed by atoms with Gasteiger partial charge in [0, 0.05) is 12.1 Å². The lowest BCUT2D eigenvalue weighted by Gasteiger charge is -2.09. The number of amides is 1. The van der Waals surface area contributed by atoms with Gasteiger partial charge in [-0.1, -0.05) is 0 Å². The Morgan fingerprint density at radius 1 is 1.20 bits per heavy atom. The van der Waals surface area contributed by atoms with E-state index in [9.17, 15) is 14.3 Å². The number of ether oxygens (including phenoxy) is 1. The molecule has 0 atom stereocenters. The number of phenols is 1. The minimum Gasteiger partial charge on any atom is -0.508 e. The van der Waals surface area contributed by atoms with Gasteiger partial charge in [0.2, 0.25) is 6.41 Å². The zero-order chi connectivity index (χ0) is 14.4. The van der Waals surface area contributed by atoms with Gasteiger partial charge >= 0.3 is 0 Å². The van der Waals surface area contributed by atoms with Crippen molar-refractivity contribution in [1.29, 1.82) is 0 Å². The van der Waals surface area contributed by atoms with Crippen molar-refractivity contribution in [2.75, 3.05) is 11.9 Å². The summed E-state index contributed by atoms with van der Waals surface area (Å²) in [4.78, 5) is 10.4. The fourth-order valence-electron chi connectivity index (χ4n) is 1.75. The molecular formula is C15H14FNO3. The summed E-state index contributed by atoms with van der Waals surface area (Å²) in [7, 11) is 0. The summed E-state index contributed by atoms with van der Waals surface area (Å²) in [6, 6.07) is 10.5. The molecule has 4 nitrogen and oxygen atoms in total. The van der Waals surface area contributed by atoms with Crippen LogP contribution >= 0.6 is 0 Å². The van der Waals surface area contributed by atoms with Crippen LogP contribution in [0.1, 0.15) is 5.56 Å². The van der Waals surface area contributed by atoms with Crippen LogP contribution in [0, 0.1) is 5.82 Å². The van der Waals surface area contributed by atoms with Crippen molar-refractivity contribution < 1.29 is 19.0 Å². The topological polar surface area (TPSA) is 58.6 Å². The van der Waals surface area contributed by atoms with Gasteiger partial charge in [0.15, 0.2) is 0 Å². The van der Waals surface area contributed by atoms with Gasteiger partial charge in [0.1, 0.15) is 17.3 Å². The van der Waals surface area contributed by atoms with Crippen LogP contribution in [0.15, 0.2) is 42.5 Å². The van der Waals surface area contributed by atoms with E-state index in [1.807, 2.05) is 0 Å². The van der Waals surface area contributed by atoms with Crippen molar-refractivity contribution >= 4 is 12.1 Å². The summed E-state index contributed by atoms with van der Waals surface area (Å²) < 4.78 is 18.2. The summed E-state index contributed by atoms with van der Waals surface area (Å²) in [5, 5.41) is 12.2. The molecule has 5 heteroatoms. The molecule has 0 radical (unpaired) electrons. The van der Waals surface area contributed by atoms with Crippen LogP contribution in [-0.4, -0.2) is 18.1 Å². The van der Waals surface area contributed by atoms with Crippen LogP contribution in [0.5, 0.6) is 11.5 Å². The third kappa shape index (κ3) is 3.71. The second-order valence-electron chi connectivity index (χ2n) is 4.16. The number of rotatable bonds is 6. The number of aromatic hydroxyl groups is 1. The Kier molecular flexibility index (Phi) is 4.55. The summed E-state index contributed by atoms with van der Waals surface area (Å²) in [6.07, 6.45) is 1.04. The first-order valence-electron chi connectivity index (χ1n) is 6.09. The number of anilines is 1. The average molecular weight is 275 g/mol. The molecule has 2 rings (SSSR count). The zero-order valence-corrected chi connectivity index (χ0v) is 10.7. The molecule has 0 aromatic heterocycles. The number of hydrogen-bond acceptors (Lipinski definition) is 3. The maximum absolute atomic E-state index is 12.7. The van der Waals surface area contributed by atoms with Gasteiger partial charge in [0.25, 0.3) is 0 Å². The molecule has 0 spiro atoms. The molecular weight excluding hydrogens is 261 g/mol. The standard InChI is InChI=1S/C15H14FNO3/c16-12-1-4-14(5-2-12)20-8-7-11-9-13(17-10-18)3-6-15(11)19/h1-6,9-10,19H,7-8H2,(H,17,18). The minimum atomic E-state index is -0.317. The fraction of sp³-hybridized carbons (Fsp3) is 0.133. The Morgan fingerprint density at radius 2 is 1.95 bits per heavy atom. The van der Waals surface area contributed by atoms with E-state index in [0.717, 1.165) is 0 Å². The van der Waals surface area contributed by atoms with Gasteiger partial charge in [-0.05, 0) is 48.0 Å². The van der Waals surface area contributed by atoms with Gasteiger partial charge in [-0.3, -0.25) is 4.79 Å². The molecule has 2 N–H and O–H groups in total. The highest BCUT2D eigenvalue weighted by molar-refractivity contribution is 5.72. The predicted molar refractivity (Wildman–Crippen MR) is 73.4 cm³/mol. The third-order valence-corrected chi connectivity index (χ3v) is 2.76. The van der Waals surface area contributed by atoms with E-state index in [2.05, 4.69) is 5.32 Å². The molecule has 20 heavy (non-hydrogen) atoms. The molecule has 0 aliphatic rings. The molecule has 0 aliphatic carbocycles. The smallest absolute Gasteiger partial charge is 0.211 e. The molecule has 0 heterocycles. The Morgan fingerprint density at radius 3 is 2.65 bits per heavy atom. The fourth-order valence-corrected chi connectivity index (χ4v) is 1.75. The Hall–Kier alpha value is -2.56. The zero-order valence-electron chi connectivity index (χ0n) is 10.7. The van der Waals surface area contributed by atoms with Gasteiger partial charge < -0.3 is 15.2 Å². The second kappa shape index (κ2) is 6.56. The van der Waals surface area contributed by atoms with Crippen LogP contribution in [0.4, 0.5) is 10.1 Å². The highest BCUT2D eigenvalue weighted by atomic mass is 19.1. The third-order valence-electron chi connectivity index (χ3n) is 2.76. The summed E-state index contributed by atoms with van der Waals surface area (Å²) in [5.74, 6) is 0.389. The maximum Gasteiger partial charge on any atom is 0.211 e. The Balaban J connectivity index is 1.94. The molecule has 104 valence electrons. The quantitative estimate of drug-likeness (QED) is 0.629. The minimum absolute atomic E-state index is 0.143. The number of halogens is 1.